The maximum atomic E-state index is 14.0. The van der Waals surface area contributed by atoms with Crippen LogP contribution in [-0.2, 0) is 30.3 Å². The van der Waals surface area contributed by atoms with Crippen molar-refractivity contribution in [2.75, 3.05) is 13.7 Å². The number of allylic oxidation sites excluding steroid dienone is 2. The van der Waals surface area contributed by atoms with E-state index in [4.69, 9.17) is 14.2 Å². The van der Waals surface area contributed by atoms with E-state index >= 15 is 0 Å². The van der Waals surface area contributed by atoms with E-state index < -0.39 is 89.2 Å². The number of ketones is 4. The number of methoxy groups -OCH3 is 1. The minimum Gasteiger partial charge on any atom is -0.507 e. The van der Waals surface area contributed by atoms with E-state index in [-0.39, 0.29) is 70.3 Å². The molecule has 0 spiro atoms. The number of nitrogens with one attached hydrogen (secondary N) is 1. The second kappa shape index (κ2) is 15.6. The van der Waals surface area contributed by atoms with E-state index in [2.05, 4.69) is 5.32 Å². The Hall–Kier alpha value is -4.73. The molecule has 1 fully saturated rings. The summed E-state index contributed by atoms with van der Waals surface area (Å²) in [5, 5.41) is 59.5. The number of fused-ring (bicyclic) bond motifs is 3. The first-order chi connectivity index (χ1) is 25.7. The maximum Gasteiger partial charge on any atom is 0.223 e. The monoisotopic (exact) mass is 747 g/mol. The average molecular weight is 748 g/mol. The lowest BCUT2D eigenvalue weighted by molar-refractivity contribution is -0.254. The molecule has 4 unspecified atom stereocenters. The van der Waals surface area contributed by atoms with Gasteiger partial charge in [-0.2, -0.15) is 0 Å². The second-order valence-electron chi connectivity index (χ2n) is 14.6. The van der Waals surface area contributed by atoms with Crippen LogP contribution in [0.25, 0.3) is 0 Å². The Morgan fingerprint density at radius 3 is 2.37 bits per heavy atom. The number of phenols is 2. The zero-order valence-corrected chi connectivity index (χ0v) is 30.3. The molecule has 0 bridgehead atoms. The quantitative estimate of drug-likeness (QED) is 0.0891. The minimum absolute atomic E-state index is 0.0475. The Balaban J connectivity index is 1.29. The third kappa shape index (κ3) is 7.11. The summed E-state index contributed by atoms with van der Waals surface area (Å²) in [4.78, 5) is 64.3. The summed E-state index contributed by atoms with van der Waals surface area (Å²) in [6, 6.07) is 4.41. The molecule has 1 aliphatic heterocycles. The number of benzene rings is 2. The van der Waals surface area contributed by atoms with Crippen LogP contribution in [0.4, 0.5) is 0 Å². The lowest BCUT2D eigenvalue weighted by atomic mass is 9.71. The fourth-order valence-electron chi connectivity index (χ4n) is 8.03. The molecule has 6 N–H and O–H groups in total. The average Bonchev–Trinajstić information content (AvgIpc) is 3.46. The molecule has 2 aromatic carbocycles. The fraction of sp³-hybridized carbons (Fsp3) is 0.475. The normalized spacial score (nSPS) is 26.8. The molecule has 4 aliphatic rings. The van der Waals surface area contributed by atoms with Gasteiger partial charge < -0.3 is 45.1 Å². The van der Waals surface area contributed by atoms with Crippen molar-refractivity contribution in [3.8, 4) is 17.2 Å². The maximum absolute atomic E-state index is 14.0. The molecule has 14 heteroatoms. The molecule has 1 heterocycles. The smallest absolute Gasteiger partial charge is 0.223 e. The Bertz CT molecular complexity index is 1920. The molecule has 0 saturated carbocycles. The van der Waals surface area contributed by atoms with Gasteiger partial charge in [0.05, 0.1) is 60.2 Å². The number of ether oxygens (including phenoxy) is 3. The molecular weight excluding hydrogens is 702 g/mol. The van der Waals surface area contributed by atoms with Crippen LogP contribution in [0.2, 0.25) is 0 Å². The number of phenolic OH excluding ortho intramolecular Hbond substituents is 2. The summed E-state index contributed by atoms with van der Waals surface area (Å²) < 4.78 is 17.6. The fourth-order valence-corrected chi connectivity index (χ4v) is 8.03. The molecule has 0 aromatic heterocycles. The van der Waals surface area contributed by atoms with E-state index in [1.54, 1.807) is 6.92 Å². The second-order valence-corrected chi connectivity index (χ2v) is 14.6. The van der Waals surface area contributed by atoms with Gasteiger partial charge in [-0.15, -0.1) is 0 Å². The molecular formula is C40H45NO13. The van der Waals surface area contributed by atoms with Crippen molar-refractivity contribution in [1.82, 2.24) is 5.32 Å². The van der Waals surface area contributed by atoms with Crippen LogP contribution in [0.5, 0.6) is 17.2 Å². The predicted octanol–water partition coefficient (Wildman–Crippen LogP) is 3.02. The highest BCUT2D eigenvalue weighted by Gasteiger charge is 2.49. The summed E-state index contributed by atoms with van der Waals surface area (Å²) in [5.41, 5.74) is -3.26. The number of carbonyl (C=O) groups excluding carboxylic acids is 5. The molecule has 54 heavy (non-hydrogen) atoms. The van der Waals surface area contributed by atoms with Gasteiger partial charge in [0.25, 0.3) is 0 Å². The van der Waals surface area contributed by atoms with E-state index in [0.717, 1.165) is 0 Å². The van der Waals surface area contributed by atoms with Gasteiger partial charge in [-0.3, -0.25) is 24.0 Å². The van der Waals surface area contributed by atoms with Crippen LogP contribution in [0.3, 0.4) is 0 Å². The number of hydrogen-bond donors (Lipinski definition) is 6. The lowest BCUT2D eigenvalue weighted by Crippen LogP contribution is -2.46. The highest BCUT2D eigenvalue weighted by molar-refractivity contribution is 6.31. The molecule has 1 amide bonds. The van der Waals surface area contributed by atoms with Crippen molar-refractivity contribution < 1.29 is 63.7 Å². The molecule has 1 saturated heterocycles. The third-order valence-corrected chi connectivity index (χ3v) is 11.1. The summed E-state index contributed by atoms with van der Waals surface area (Å²) in [6.45, 7) is 2.74. The molecule has 3 aliphatic carbocycles. The van der Waals surface area contributed by atoms with E-state index in [0.29, 0.717) is 25.7 Å². The van der Waals surface area contributed by atoms with Crippen molar-refractivity contribution in [2.24, 2.45) is 11.8 Å². The van der Waals surface area contributed by atoms with E-state index in [9.17, 15) is 49.5 Å². The number of hydrogen-bond acceptors (Lipinski definition) is 13. The molecule has 6 atom stereocenters. The molecule has 14 nitrogen and oxygen atoms in total. The standard InChI is InChI=1S/C40H45NO13/c1-19-14-30(53-20(2)35(19)46)54-28-16-40(51,21(18-42)17-41-29(45)11-6-4-5-8-22-25(43)12-13-26(22)44)15-24-32(28)39(50)34-33(37(24)48)36(47)23-9-7-10-27(52-3)31(23)38(34)49/h7,9-10,12-13,17,19-20,22,28,30,35,42,46,48,50-51H,4-6,8,11,14-16,18H2,1-3H3,(H,41,45)/b21-17+/t19?,20?,28-,30?,35?,40+/m0/s1. The van der Waals surface area contributed by atoms with Gasteiger partial charge in [0.15, 0.2) is 23.6 Å². The highest BCUT2D eigenvalue weighted by atomic mass is 16.7. The van der Waals surface area contributed by atoms with Crippen LogP contribution >= 0.6 is 0 Å². The highest BCUT2D eigenvalue weighted by Crippen LogP contribution is 2.53. The van der Waals surface area contributed by atoms with Gasteiger partial charge in [-0.25, -0.2) is 0 Å². The summed E-state index contributed by atoms with van der Waals surface area (Å²) >= 11 is 0. The van der Waals surface area contributed by atoms with Crippen molar-refractivity contribution in [3.63, 3.8) is 0 Å². The molecule has 2 aromatic rings. The summed E-state index contributed by atoms with van der Waals surface area (Å²) in [5.74, 6) is -4.46. The van der Waals surface area contributed by atoms with Crippen LogP contribution in [0, 0.1) is 11.8 Å². The van der Waals surface area contributed by atoms with Crippen LogP contribution in [0.15, 0.2) is 42.1 Å². The van der Waals surface area contributed by atoms with Crippen molar-refractivity contribution in [3.05, 3.63) is 75.5 Å². The van der Waals surface area contributed by atoms with E-state index in [1.165, 1.54) is 43.7 Å². The number of amides is 1. The minimum atomic E-state index is -2.01. The first-order valence-electron chi connectivity index (χ1n) is 18.1. The number of carbonyl (C=O) groups is 5. The lowest BCUT2D eigenvalue weighted by Gasteiger charge is -2.43. The first kappa shape index (κ1) is 39.0. The number of aliphatic hydroxyl groups is 3. The summed E-state index contributed by atoms with van der Waals surface area (Å²) in [6.07, 6.45) is 1.60. The zero-order chi connectivity index (χ0) is 39.1. The topological polar surface area (TPSA) is 226 Å². The SMILES string of the molecule is COc1cccc2c1C(=O)c1c(O)c3c(c(O)c1C2=O)C[C@](O)(/C(=C/NC(=O)CCCCCC1C(=O)C=CC1=O)CO)C[C@@H]3OC1CC(C)C(O)C(C)O1. The largest absolute Gasteiger partial charge is 0.507 e. The third-order valence-electron chi connectivity index (χ3n) is 11.1. The zero-order valence-electron chi connectivity index (χ0n) is 30.3. The molecule has 6 rings (SSSR count). The van der Waals surface area contributed by atoms with Gasteiger partial charge in [0, 0.05) is 54.1 Å². The predicted molar refractivity (Wildman–Crippen MR) is 190 cm³/mol. The molecule has 0 radical (unpaired) electrons. The molecule has 288 valence electrons. The Morgan fingerprint density at radius 2 is 1.70 bits per heavy atom. The van der Waals surface area contributed by atoms with Gasteiger partial charge in [0.1, 0.15) is 17.2 Å². The van der Waals surface area contributed by atoms with Crippen LogP contribution < -0.4 is 10.1 Å². The summed E-state index contributed by atoms with van der Waals surface area (Å²) in [7, 11) is 1.33. The van der Waals surface area contributed by atoms with Crippen molar-refractivity contribution >= 4 is 29.0 Å². The van der Waals surface area contributed by atoms with Gasteiger partial charge in [0.2, 0.25) is 11.7 Å². The Morgan fingerprint density at radius 1 is 1.00 bits per heavy atom. The van der Waals surface area contributed by atoms with Crippen LogP contribution in [-0.4, -0.2) is 92.4 Å². The van der Waals surface area contributed by atoms with Crippen LogP contribution in [0.1, 0.15) is 108 Å². The van der Waals surface area contributed by atoms with Gasteiger partial charge in [-0.1, -0.05) is 31.9 Å². The number of aliphatic hydroxyl groups excluding tert-OH is 2. The first-order valence-corrected chi connectivity index (χ1v) is 18.1. The Labute approximate surface area is 311 Å². The number of unbranched alkanes of at least 4 members (excludes halogenated alkanes) is 2. The Kier molecular flexibility index (Phi) is 11.2. The van der Waals surface area contributed by atoms with E-state index in [1.807, 2.05) is 6.92 Å². The van der Waals surface area contributed by atoms with Crippen molar-refractivity contribution in [1.29, 1.82) is 0 Å². The van der Waals surface area contributed by atoms with Crippen molar-refractivity contribution in [2.45, 2.75) is 95.4 Å². The number of rotatable bonds is 12. The van der Waals surface area contributed by atoms with Gasteiger partial charge >= 0.3 is 0 Å². The van der Waals surface area contributed by atoms with Gasteiger partial charge in [-0.05, 0) is 43.9 Å². The number of aromatic hydroxyl groups is 2.